The molecule has 1 aliphatic heterocycles. The first-order valence-corrected chi connectivity index (χ1v) is 6.99. The molecule has 0 radical (unpaired) electrons. The molecule has 1 aromatic rings. The topological polar surface area (TPSA) is 60.8 Å². The molecular formula is C16H20FNO3. The van der Waals surface area contributed by atoms with Crippen LogP contribution < -0.4 is 0 Å². The molecular weight excluding hydrogens is 273 g/mol. The van der Waals surface area contributed by atoms with Gasteiger partial charge < -0.3 is 10.2 Å². The van der Waals surface area contributed by atoms with Gasteiger partial charge in [-0.1, -0.05) is 6.07 Å². The van der Waals surface area contributed by atoms with Gasteiger partial charge in [0.25, 0.3) is 0 Å². The Kier molecular flexibility index (Phi) is 4.75. The molecule has 0 spiro atoms. The number of carbonyl (C=O) groups is 1. The molecule has 1 fully saturated rings. The molecule has 1 atom stereocenters. The van der Waals surface area contributed by atoms with Gasteiger partial charge in [-0.2, -0.15) is 0 Å². The molecule has 0 bridgehead atoms. The third kappa shape index (κ3) is 4.95. The number of benzene rings is 1. The van der Waals surface area contributed by atoms with Gasteiger partial charge in [0.05, 0.1) is 5.60 Å². The van der Waals surface area contributed by atoms with Crippen LogP contribution in [0.3, 0.4) is 0 Å². The predicted octanol–water partition coefficient (Wildman–Crippen LogP) is 2.27. The first-order chi connectivity index (χ1) is 9.84. The highest BCUT2D eigenvalue weighted by atomic mass is 19.1. The Labute approximate surface area is 123 Å². The molecule has 1 saturated heterocycles. The van der Waals surface area contributed by atoms with Crippen LogP contribution in [-0.2, 0) is 11.3 Å². The first-order valence-electron chi connectivity index (χ1n) is 6.99. The van der Waals surface area contributed by atoms with Crippen molar-refractivity contribution in [2.75, 3.05) is 13.1 Å². The van der Waals surface area contributed by atoms with Crippen LogP contribution in [0.15, 0.2) is 24.3 Å². The van der Waals surface area contributed by atoms with Crippen molar-refractivity contribution < 1.29 is 19.4 Å². The van der Waals surface area contributed by atoms with Gasteiger partial charge in [0.1, 0.15) is 5.82 Å². The average molecular weight is 293 g/mol. The summed E-state index contributed by atoms with van der Waals surface area (Å²) < 4.78 is 13.6. The van der Waals surface area contributed by atoms with Gasteiger partial charge in [0.2, 0.25) is 0 Å². The lowest BCUT2D eigenvalue weighted by molar-refractivity contribution is -0.131. The number of carboxylic acids is 1. The van der Waals surface area contributed by atoms with Gasteiger partial charge >= 0.3 is 5.97 Å². The van der Waals surface area contributed by atoms with Crippen molar-refractivity contribution in [2.24, 2.45) is 0 Å². The summed E-state index contributed by atoms with van der Waals surface area (Å²) in [5.74, 6) is -1.45. The quantitative estimate of drug-likeness (QED) is 0.836. The van der Waals surface area contributed by atoms with Crippen LogP contribution in [-0.4, -0.2) is 39.8 Å². The number of hydrogen-bond donors (Lipinski definition) is 2. The lowest BCUT2D eigenvalue weighted by atomic mass is 9.95. The second-order valence-electron chi connectivity index (χ2n) is 5.88. The molecule has 21 heavy (non-hydrogen) atoms. The zero-order valence-corrected chi connectivity index (χ0v) is 12.1. The Bertz CT molecular complexity index is 554. The summed E-state index contributed by atoms with van der Waals surface area (Å²) in [7, 11) is 0. The van der Waals surface area contributed by atoms with Crippen LogP contribution in [0.4, 0.5) is 4.39 Å². The van der Waals surface area contributed by atoms with Crippen molar-refractivity contribution in [3.8, 4) is 0 Å². The minimum Gasteiger partial charge on any atom is -0.478 e. The van der Waals surface area contributed by atoms with Crippen LogP contribution in [0.25, 0.3) is 6.08 Å². The molecule has 1 aromatic carbocycles. The third-order valence-electron chi connectivity index (χ3n) is 3.56. The minimum atomic E-state index is -1.06. The molecule has 2 N–H and O–H groups in total. The zero-order chi connectivity index (χ0) is 15.5. The Morgan fingerprint density at radius 3 is 2.90 bits per heavy atom. The average Bonchev–Trinajstić information content (AvgIpc) is 2.34. The van der Waals surface area contributed by atoms with Crippen molar-refractivity contribution in [1.29, 1.82) is 0 Å². The van der Waals surface area contributed by atoms with Crippen LogP contribution in [0, 0.1) is 5.82 Å². The van der Waals surface area contributed by atoms with E-state index in [9.17, 15) is 14.3 Å². The fraction of sp³-hybridized carbons (Fsp3) is 0.438. The number of rotatable bonds is 4. The molecule has 0 amide bonds. The van der Waals surface area contributed by atoms with Crippen molar-refractivity contribution in [3.05, 3.63) is 41.2 Å². The van der Waals surface area contributed by atoms with E-state index in [2.05, 4.69) is 4.90 Å². The van der Waals surface area contributed by atoms with Gasteiger partial charge in [-0.15, -0.1) is 0 Å². The summed E-state index contributed by atoms with van der Waals surface area (Å²) >= 11 is 0. The van der Waals surface area contributed by atoms with Crippen molar-refractivity contribution in [3.63, 3.8) is 0 Å². The van der Waals surface area contributed by atoms with E-state index in [1.807, 2.05) is 6.92 Å². The van der Waals surface area contributed by atoms with Crippen molar-refractivity contribution in [2.45, 2.75) is 31.9 Å². The maximum atomic E-state index is 13.6. The molecule has 1 aliphatic rings. The van der Waals surface area contributed by atoms with E-state index in [-0.39, 0.29) is 5.82 Å². The van der Waals surface area contributed by atoms with E-state index in [4.69, 9.17) is 5.11 Å². The molecule has 114 valence electrons. The summed E-state index contributed by atoms with van der Waals surface area (Å²) in [5.41, 5.74) is 0.603. The molecule has 0 aliphatic carbocycles. The number of aliphatic carboxylic acids is 1. The minimum absolute atomic E-state index is 0.388. The molecule has 1 unspecified atom stereocenters. The number of β-amino-alcohol motifs (C(OH)–C–C–N with tert-alkyl or cyclic N) is 1. The number of aliphatic hydroxyl groups is 1. The monoisotopic (exact) mass is 293 g/mol. The Hall–Kier alpha value is -1.72. The molecule has 0 saturated carbocycles. The SMILES string of the molecule is CC1(O)CCCN(Cc2cc(F)cc(/C=C/C(=O)O)c2)C1. The van der Waals surface area contributed by atoms with Crippen molar-refractivity contribution >= 4 is 12.0 Å². The van der Waals surface area contributed by atoms with E-state index in [1.165, 1.54) is 18.2 Å². The lowest BCUT2D eigenvalue weighted by Crippen LogP contribution is -2.45. The van der Waals surface area contributed by atoms with E-state index in [1.54, 1.807) is 6.07 Å². The Morgan fingerprint density at radius 2 is 2.24 bits per heavy atom. The predicted molar refractivity (Wildman–Crippen MR) is 78.2 cm³/mol. The van der Waals surface area contributed by atoms with E-state index in [0.717, 1.165) is 31.0 Å². The number of piperidine rings is 1. The molecule has 4 nitrogen and oxygen atoms in total. The van der Waals surface area contributed by atoms with E-state index < -0.39 is 11.6 Å². The van der Waals surface area contributed by atoms with Gasteiger partial charge in [-0.05, 0) is 55.6 Å². The number of halogens is 1. The Balaban J connectivity index is 2.11. The zero-order valence-electron chi connectivity index (χ0n) is 12.1. The maximum absolute atomic E-state index is 13.6. The van der Waals surface area contributed by atoms with Crippen LogP contribution >= 0.6 is 0 Å². The second kappa shape index (κ2) is 6.37. The van der Waals surface area contributed by atoms with E-state index >= 15 is 0 Å². The van der Waals surface area contributed by atoms with Gasteiger partial charge in [-0.25, -0.2) is 9.18 Å². The van der Waals surface area contributed by atoms with E-state index in [0.29, 0.717) is 18.7 Å². The molecule has 5 heteroatoms. The highest BCUT2D eigenvalue weighted by Crippen LogP contribution is 2.22. The molecule has 0 aromatic heterocycles. The number of hydrogen-bond acceptors (Lipinski definition) is 3. The second-order valence-corrected chi connectivity index (χ2v) is 5.88. The number of likely N-dealkylation sites (tertiary alicyclic amines) is 1. The fourth-order valence-corrected chi connectivity index (χ4v) is 2.75. The summed E-state index contributed by atoms with van der Waals surface area (Å²) in [5, 5.41) is 18.7. The maximum Gasteiger partial charge on any atom is 0.328 e. The van der Waals surface area contributed by atoms with Crippen LogP contribution in [0.2, 0.25) is 0 Å². The number of nitrogens with zero attached hydrogens (tertiary/aromatic N) is 1. The fourth-order valence-electron chi connectivity index (χ4n) is 2.75. The molecule has 2 rings (SSSR count). The summed E-state index contributed by atoms with van der Waals surface area (Å²) in [6.07, 6.45) is 4.05. The normalized spacial score (nSPS) is 23.6. The summed E-state index contributed by atoms with van der Waals surface area (Å²) in [6.45, 7) is 3.78. The van der Waals surface area contributed by atoms with Gasteiger partial charge in [-0.3, -0.25) is 4.90 Å². The molecule has 1 heterocycles. The van der Waals surface area contributed by atoms with Crippen LogP contribution in [0.1, 0.15) is 30.9 Å². The first kappa shape index (κ1) is 15.7. The van der Waals surface area contributed by atoms with Gasteiger partial charge in [0.15, 0.2) is 0 Å². The summed E-state index contributed by atoms with van der Waals surface area (Å²) in [6, 6.07) is 4.52. The van der Waals surface area contributed by atoms with Crippen molar-refractivity contribution in [1.82, 2.24) is 4.90 Å². The Morgan fingerprint density at radius 1 is 1.48 bits per heavy atom. The van der Waals surface area contributed by atoms with Gasteiger partial charge in [0, 0.05) is 19.2 Å². The van der Waals surface area contributed by atoms with Crippen LogP contribution in [0.5, 0.6) is 0 Å². The third-order valence-corrected chi connectivity index (χ3v) is 3.56. The summed E-state index contributed by atoms with van der Waals surface area (Å²) in [4.78, 5) is 12.6. The highest BCUT2D eigenvalue weighted by Gasteiger charge is 2.28. The highest BCUT2D eigenvalue weighted by molar-refractivity contribution is 5.85. The lowest BCUT2D eigenvalue weighted by Gasteiger charge is -2.36. The largest absolute Gasteiger partial charge is 0.478 e. The standard InChI is InChI=1S/C16H20FNO3/c1-16(21)5-2-6-18(11-16)10-13-7-12(3-4-15(19)20)8-14(17)9-13/h3-4,7-9,21H,2,5-6,10-11H2,1H3,(H,19,20)/b4-3+. The smallest absolute Gasteiger partial charge is 0.328 e. The number of carboxylic acid groups (broad SMARTS) is 1.